The third-order valence-electron chi connectivity index (χ3n) is 14.9. The van der Waals surface area contributed by atoms with Crippen molar-refractivity contribution in [3.8, 4) is 0 Å². The summed E-state index contributed by atoms with van der Waals surface area (Å²) >= 11 is 0. The van der Waals surface area contributed by atoms with Crippen LogP contribution < -0.4 is 5.32 Å². The Kier molecular flexibility index (Phi) is 56.4. The minimum absolute atomic E-state index is 0.0438. The van der Waals surface area contributed by atoms with Crippen LogP contribution in [0.3, 0.4) is 0 Å². The van der Waals surface area contributed by atoms with Gasteiger partial charge in [0, 0.05) is 0 Å². The van der Waals surface area contributed by atoms with Crippen molar-refractivity contribution in [1.82, 2.24) is 5.32 Å². The molecule has 5 heteroatoms. The molecule has 0 aliphatic heterocycles. The van der Waals surface area contributed by atoms with E-state index in [2.05, 4.69) is 19.2 Å². The molecule has 0 rings (SSSR count). The predicted octanol–water partition coefficient (Wildman–Crippen LogP) is 19.3. The lowest BCUT2D eigenvalue weighted by molar-refractivity contribution is -0.125. The molecular formula is C61H123NO4. The molecule has 3 atom stereocenters. The van der Waals surface area contributed by atoms with Gasteiger partial charge in [-0.3, -0.25) is 4.79 Å². The quantitative estimate of drug-likeness (QED) is 0.0458. The Balaban J connectivity index is 3.44. The summed E-state index contributed by atoms with van der Waals surface area (Å²) in [5, 5.41) is 33.7. The van der Waals surface area contributed by atoms with E-state index in [1.807, 2.05) is 0 Å². The van der Waals surface area contributed by atoms with Crippen LogP contribution in [0.2, 0.25) is 0 Å². The molecule has 0 spiro atoms. The highest BCUT2D eigenvalue weighted by atomic mass is 16.3. The number of hydrogen-bond donors (Lipinski definition) is 4. The number of aliphatic hydroxyl groups is 3. The van der Waals surface area contributed by atoms with Gasteiger partial charge in [-0.1, -0.05) is 341 Å². The molecule has 0 radical (unpaired) electrons. The van der Waals surface area contributed by atoms with Gasteiger partial charge >= 0.3 is 0 Å². The molecule has 0 aromatic carbocycles. The second kappa shape index (κ2) is 56.9. The van der Waals surface area contributed by atoms with Crippen LogP contribution in [-0.2, 0) is 4.79 Å². The second-order valence-corrected chi connectivity index (χ2v) is 21.7. The van der Waals surface area contributed by atoms with Crippen molar-refractivity contribution in [1.29, 1.82) is 0 Å². The number of rotatable bonds is 58. The molecular weight excluding hydrogens is 811 g/mol. The maximum Gasteiger partial charge on any atom is 0.222 e. The lowest BCUT2D eigenvalue weighted by Gasteiger charge is -2.23. The number of carbonyl (C=O) groups is 1. The molecule has 4 N–H and O–H groups in total. The third-order valence-corrected chi connectivity index (χ3v) is 14.9. The fraction of sp³-hybridized carbons (Fsp3) is 0.984. The summed E-state index contributed by atoms with van der Waals surface area (Å²) in [4.78, 5) is 12.6. The first-order valence-electron chi connectivity index (χ1n) is 30.8. The maximum absolute atomic E-state index is 12.6. The lowest BCUT2D eigenvalue weighted by Crippen LogP contribution is -2.46. The first-order valence-corrected chi connectivity index (χ1v) is 30.8. The topological polar surface area (TPSA) is 89.8 Å². The van der Waals surface area contributed by atoms with Gasteiger partial charge in [0.15, 0.2) is 0 Å². The van der Waals surface area contributed by atoms with Crippen molar-refractivity contribution in [3.05, 3.63) is 0 Å². The summed E-state index contributed by atoms with van der Waals surface area (Å²) in [5.74, 6) is -0.273. The van der Waals surface area contributed by atoms with Crippen molar-refractivity contribution >= 4 is 5.91 Å². The molecule has 1 amide bonds. The fourth-order valence-corrected chi connectivity index (χ4v) is 10.2. The molecule has 0 heterocycles. The molecule has 0 saturated carbocycles. The number of carbonyl (C=O) groups excluding carboxylic acids is 1. The van der Waals surface area contributed by atoms with E-state index in [0.717, 1.165) is 25.7 Å². The minimum Gasteiger partial charge on any atom is -0.394 e. The zero-order valence-corrected chi connectivity index (χ0v) is 45.4. The first-order chi connectivity index (χ1) is 32.5. The van der Waals surface area contributed by atoms with Gasteiger partial charge in [0.1, 0.15) is 0 Å². The largest absolute Gasteiger partial charge is 0.394 e. The minimum atomic E-state index is -0.746. The number of hydrogen-bond acceptors (Lipinski definition) is 4. The average molecular weight is 935 g/mol. The van der Waals surface area contributed by atoms with Crippen LogP contribution in [0, 0.1) is 0 Å². The molecule has 3 unspecified atom stereocenters. The summed E-state index contributed by atoms with van der Waals surface area (Å²) in [6.45, 7) is 4.32. The van der Waals surface area contributed by atoms with Gasteiger partial charge in [0.2, 0.25) is 5.91 Å². The Bertz CT molecular complexity index is 898. The summed E-state index contributed by atoms with van der Waals surface area (Å²) in [6.07, 6.45) is 70.0. The molecule has 0 fully saturated rings. The van der Waals surface area contributed by atoms with Crippen molar-refractivity contribution in [3.63, 3.8) is 0 Å². The molecule has 0 aromatic rings. The summed E-state index contributed by atoms with van der Waals surface area (Å²) < 4.78 is 0. The molecule has 0 aliphatic rings. The highest BCUT2D eigenvalue weighted by molar-refractivity contribution is 5.76. The van der Waals surface area contributed by atoms with Crippen molar-refractivity contribution in [2.75, 3.05) is 6.61 Å². The van der Waals surface area contributed by atoms with Gasteiger partial charge < -0.3 is 20.6 Å². The lowest BCUT2D eigenvalue weighted by atomic mass is 10.0. The van der Waals surface area contributed by atoms with Crippen LogP contribution in [0.1, 0.15) is 361 Å². The molecule has 5 nitrogen and oxygen atoms in total. The number of aliphatic hydroxyl groups excluding tert-OH is 3. The van der Waals surface area contributed by atoms with E-state index in [1.165, 1.54) is 302 Å². The summed E-state index contributed by atoms with van der Waals surface area (Å²) in [6, 6.07) is -0.654. The Labute approximate surface area is 415 Å². The van der Waals surface area contributed by atoms with Crippen LogP contribution in [0.4, 0.5) is 0 Å². The van der Waals surface area contributed by atoms with Gasteiger partial charge in [0.05, 0.1) is 31.3 Å². The smallest absolute Gasteiger partial charge is 0.222 e. The Hall–Kier alpha value is -0.650. The van der Waals surface area contributed by atoms with Crippen LogP contribution in [0.5, 0.6) is 0 Å². The number of nitrogens with one attached hydrogen (secondary N) is 1. The van der Waals surface area contributed by atoms with Crippen molar-refractivity contribution in [2.24, 2.45) is 0 Å². The van der Waals surface area contributed by atoms with Gasteiger partial charge in [0.25, 0.3) is 0 Å². The first kappa shape index (κ1) is 65.3. The molecule has 396 valence electrons. The van der Waals surface area contributed by atoms with Crippen LogP contribution in [0.25, 0.3) is 0 Å². The van der Waals surface area contributed by atoms with Crippen LogP contribution >= 0.6 is 0 Å². The van der Waals surface area contributed by atoms with Crippen LogP contribution in [0.15, 0.2) is 0 Å². The molecule has 0 aliphatic carbocycles. The highest BCUT2D eigenvalue weighted by Gasteiger charge is 2.21. The van der Waals surface area contributed by atoms with Crippen LogP contribution in [-0.4, -0.2) is 46.1 Å². The molecule has 0 saturated heterocycles. The van der Waals surface area contributed by atoms with Crippen molar-refractivity contribution in [2.45, 2.75) is 379 Å². The van der Waals surface area contributed by atoms with Gasteiger partial charge in [-0.25, -0.2) is 0 Å². The standard InChI is InChI=1S/C61H123NO4/c1-3-5-7-9-11-13-15-17-19-21-23-25-26-27-28-29-30-31-32-33-34-35-36-38-40-42-44-46-48-50-52-54-58(64)56-61(66)62-59(57-63)60(65)55-53-51-49-47-45-43-41-39-37-24-22-20-18-16-14-12-10-8-6-4-2/h58-60,63-65H,3-57H2,1-2H3,(H,62,66). The highest BCUT2D eigenvalue weighted by Crippen LogP contribution is 2.19. The zero-order chi connectivity index (χ0) is 47.9. The van der Waals surface area contributed by atoms with E-state index in [4.69, 9.17) is 0 Å². The average Bonchev–Trinajstić information content (AvgIpc) is 3.31. The number of unbranched alkanes of at least 4 members (excludes halogenated alkanes) is 49. The van der Waals surface area contributed by atoms with E-state index in [0.29, 0.717) is 12.8 Å². The maximum atomic E-state index is 12.6. The summed E-state index contributed by atoms with van der Waals surface area (Å²) in [7, 11) is 0. The zero-order valence-electron chi connectivity index (χ0n) is 45.4. The third kappa shape index (κ3) is 52.7. The van der Waals surface area contributed by atoms with E-state index in [9.17, 15) is 20.1 Å². The normalized spacial score (nSPS) is 13.1. The molecule has 0 bridgehead atoms. The van der Waals surface area contributed by atoms with Crippen molar-refractivity contribution < 1.29 is 20.1 Å². The summed E-state index contributed by atoms with van der Waals surface area (Å²) in [5.41, 5.74) is 0. The van der Waals surface area contributed by atoms with E-state index in [1.54, 1.807) is 0 Å². The monoisotopic (exact) mass is 934 g/mol. The predicted molar refractivity (Wildman–Crippen MR) is 292 cm³/mol. The van der Waals surface area contributed by atoms with Gasteiger partial charge in [-0.15, -0.1) is 0 Å². The van der Waals surface area contributed by atoms with Gasteiger partial charge in [-0.05, 0) is 12.8 Å². The second-order valence-electron chi connectivity index (χ2n) is 21.7. The van der Waals surface area contributed by atoms with E-state index < -0.39 is 18.2 Å². The Morgan fingerprint density at radius 3 is 0.727 bits per heavy atom. The number of amides is 1. The Morgan fingerprint density at radius 2 is 0.515 bits per heavy atom. The SMILES string of the molecule is CCCCCCCCCCCCCCCCCCCCCCCCCCCCCCCCCC(O)CC(=O)NC(CO)C(O)CCCCCCCCCCCCCCCCCCCCCC. The van der Waals surface area contributed by atoms with E-state index in [-0.39, 0.29) is 18.9 Å². The van der Waals surface area contributed by atoms with E-state index >= 15 is 0 Å². The van der Waals surface area contributed by atoms with Gasteiger partial charge in [-0.2, -0.15) is 0 Å². The Morgan fingerprint density at radius 1 is 0.318 bits per heavy atom. The molecule has 0 aromatic heterocycles. The fourth-order valence-electron chi connectivity index (χ4n) is 10.2. The molecule has 66 heavy (non-hydrogen) atoms.